The molecule has 2 aromatic carbocycles. The number of ether oxygens (including phenoxy) is 3. The molecule has 5 heteroatoms. The molecule has 1 unspecified atom stereocenters. The van der Waals surface area contributed by atoms with Crippen LogP contribution in [0.2, 0.25) is 0 Å². The zero-order chi connectivity index (χ0) is 23.6. The molecule has 1 aliphatic rings. The molecule has 0 bridgehead atoms. The highest BCUT2D eigenvalue weighted by Crippen LogP contribution is 2.21. The third-order valence-electron chi connectivity index (χ3n) is 6.18. The van der Waals surface area contributed by atoms with Crippen LogP contribution in [0.5, 0.6) is 11.6 Å². The zero-order valence-corrected chi connectivity index (χ0v) is 20.1. The lowest BCUT2D eigenvalue weighted by molar-refractivity contribution is -0.0120. The first-order chi connectivity index (χ1) is 16.7. The third-order valence-corrected chi connectivity index (χ3v) is 6.18. The van der Waals surface area contributed by atoms with Crippen molar-refractivity contribution in [3.8, 4) is 11.6 Å². The van der Waals surface area contributed by atoms with Crippen LogP contribution in [0, 0.1) is 0 Å². The SMILES string of the molecule is CCCc1ccc(CCc2[nH]c(OCC3CCCCO3)cc(=O)c2OCc2ccccc2)cc1. The summed E-state index contributed by atoms with van der Waals surface area (Å²) in [7, 11) is 0. The van der Waals surface area contributed by atoms with E-state index in [0.717, 1.165) is 56.4 Å². The van der Waals surface area contributed by atoms with Crippen molar-refractivity contribution < 1.29 is 14.2 Å². The smallest absolute Gasteiger partial charge is 0.227 e. The van der Waals surface area contributed by atoms with Gasteiger partial charge in [-0.25, -0.2) is 0 Å². The topological polar surface area (TPSA) is 60.5 Å². The van der Waals surface area contributed by atoms with Gasteiger partial charge in [-0.15, -0.1) is 0 Å². The molecule has 2 heterocycles. The van der Waals surface area contributed by atoms with Crippen molar-refractivity contribution in [2.75, 3.05) is 13.2 Å². The molecule has 0 spiro atoms. The van der Waals surface area contributed by atoms with Crippen LogP contribution in [-0.4, -0.2) is 24.3 Å². The molecule has 0 amide bonds. The Bertz CT molecular complexity index is 1070. The van der Waals surface area contributed by atoms with E-state index in [0.29, 0.717) is 31.3 Å². The molecule has 4 rings (SSSR count). The first kappa shape index (κ1) is 24.1. The lowest BCUT2D eigenvalue weighted by Crippen LogP contribution is -2.26. The van der Waals surface area contributed by atoms with Gasteiger partial charge in [0.2, 0.25) is 5.43 Å². The van der Waals surface area contributed by atoms with E-state index >= 15 is 0 Å². The Kier molecular flexibility index (Phi) is 8.80. The predicted octanol–water partition coefficient (Wildman–Crippen LogP) is 5.64. The number of nitrogens with one attached hydrogen (secondary N) is 1. The Balaban J connectivity index is 1.49. The number of pyridine rings is 1. The molecular weight excluding hydrogens is 426 g/mol. The molecule has 34 heavy (non-hydrogen) atoms. The van der Waals surface area contributed by atoms with Crippen molar-refractivity contribution in [2.45, 2.75) is 64.6 Å². The van der Waals surface area contributed by atoms with Gasteiger partial charge in [-0.05, 0) is 55.2 Å². The van der Waals surface area contributed by atoms with Gasteiger partial charge in [0.1, 0.15) is 13.2 Å². The van der Waals surface area contributed by atoms with Crippen LogP contribution in [0.25, 0.3) is 0 Å². The number of rotatable bonds is 11. The van der Waals surface area contributed by atoms with Gasteiger partial charge in [0.15, 0.2) is 11.6 Å². The highest BCUT2D eigenvalue weighted by molar-refractivity contribution is 5.34. The highest BCUT2D eigenvalue weighted by atomic mass is 16.5. The summed E-state index contributed by atoms with van der Waals surface area (Å²) in [6, 6.07) is 20.1. The van der Waals surface area contributed by atoms with E-state index in [1.54, 1.807) is 0 Å². The van der Waals surface area contributed by atoms with Crippen LogP contribution in [0.1, 0.15) is 55.0 Å². The Hall–Kier alpha value is -3.05. The quantitative estimate of drug-likeness (QED) is 0.401. The van der Waals surface area contributed by atoms with Crippen LogP contribution in [0.4, 0.5) is 0 Å². The molecule has 1 N–H and O–H groups in total. The van der Waals surface area contributed by atoms with Gasteiger partial charge in [-0.1, -0.05) is 67.9 Å². The standard InChI is InChI=1S/C29H35NO4/c1-2-8-22-12-14-23(15-13-22)16-17-26-29(34-20-24-9-4-3-5-10-24)27(31)19-28(30-26)33-21-25-11-6-7-18-32-25/h3-5,9-10,12-15,19,25H,2,6-8,11,16-18,20-21H2,1H3,(H,30,31). The van der Waals surface area contributed by atoms with Crippen LogP contribution in [-0.2, 0) is 30.6 Å². The summed E-state index contributed by atoms with van der Waals surface area (Å²) in [4.78, 5) is 16.3. The van der Waals surface area contributed by atoms with Crippen LogP contribution < -0.4 is 14.9 Å². The van der Waals surface area contributed by atoms with E-state index in [1.165, 1.54) is 17.2 Å². The van der Waals surface area contributed by atoms with Gasteiger partial charge in [-0.2, -0.15) is 0 Å². The fraction of sp³-hybridized carbons (Fsp3) is 0.414. The molecule has 0 saturated carbocycles. The van der Waals surface area contributed by atoms with Crippen LogP contribution in [0.3, 0.4) is 0 Å². The fourth-order valence-electron chi connectivity index (χ4n) is 4.27. The summed E-state index contributed by atoms with van der Waals surface area (Å²) in [5, 5.41) is 0. The van der Waals surface area contributed by atoms with Crippen molar-refractivity contribution in [2.24, 2.45) is 0 Å². The molecular formula is C29H35NO4. The molecule has 180 valence electrons. The number of hydrogen-bond donors (Lipinski definition) is 1. The first-order valence-corrected chi connectivity index (χ1v) is 12.5. The van der Waals surface area contributed by atoms with Gasteiger partial charge in [0, 0.05) is 12.7 Å². The van der Waals surface area contributed by atoms with Crippen molar-refractivity contribution in [3.63, 3.8) is 0 Å². The number of hydrogen-bond acceptors (Lipinski definition) is 4. The maximum atomic E-state index is 13.0. The maximum Gasteiger partial charge on any atom is 0.227 e. The predicted molar refractivity (Wildman–Crippen MR) is 135 cm³/mol. The second kappa shape index (κ2) is 12.4. The minimum atomic E-state index is -0.164. The summed E-state index contributed by atoms with van der Waals surface area (Å²) in [5.41, 5.74) is 4.21. The van der Waals surface area contributed by atoms with Crippen molar-refractivity contribution in [1.29, 1.82) is 0 Å². The number of aromatic nitrogens is 1. The van der Waals surface area contributed by atoms with E-state index in [9.17, 15) is 4.79 Å². The minimum Gasteiger partial charge on any atom is -0.483 e. The third kappa shape index (κ3) is 6.97. The van der Waals surface area contributed by atoms with E-state index in [2.05, 4.69) is 36.2 Å². The summed E-state index contributed by atoms with van der Waals surface area (Å²) < 4.78 is 17.7. The molecule has 1 saturated heterocycles. The molecule has 5 nitrogen and oxygen atoms in total. The Morgan fingerprint density at radius 3 is 2.38 bits per heavy atom. The monoisotopic (exact) mass is 461 g/mol. The van der Waals surface area contributed by atoms with Crippen molar-refractivity contribution >= 4 is 0 Å². The van der Waals surface area contributed by atoms with Gasteiger partial charge in [0.25, 0.3) is 0 Å². The van der Waals surface area contributed by atoms with E-state index < -0.39 is 0 Å². The zero-order valence-electron chi connectivity index (χ0n) is 20.1. The summed E-state index contributed by atoms with van der Waals surface area (Å²) in [5.74, 6) is 0.840. The van der Waals surface area contributed by atoms with Gasteiger partial charge in [-0.3, -0.25) is 4.79 Å². The number of H-pyrrole nitrogens is 1. The normalized spacial score (nSPS) is 15.7. The number of aryl methyl sites for hydroxylation is 3. The summed E-state index contributed by atoms with van der Waals surface area (Å²) in [6.07, 6.45) is 7.02. The Labute approximate surface area is 202 Å². The van der Waals surface area contributed by atoms with Crippen molar-refractivity contribution in [3.05, 3.63) is 93.3 Å². The fourth-order valence-corrected chi connectivity index (χ4v) is 4.27. The van der Waals surface area contributed by atoms with E-state index in [-0.39, 0.29) is 11.5 Å². The van der Waals surface area contributed by atoms with Gasteiger partial charge in [0.05, 0.1) is 11.8 Å². The molecule has 0 aliphatic carbocycles. The first-order valence-electron chi connectivity index (χ1n) is 12.5. The number of benzene rings is 2. The van der Waals surface area contributed by atoms with Crippen molar-refractivity contribution in [1.82, 2.24) is 4.98 Å². The molecule has 3 aromatic rings. The largest absolute Gasteiger partial charge is 0.483 e. The molecule has 1 aromatic heterocycles. The highest BCUT2D eigenvalue weighted by Gasteiger charge is 2.17. The second-order valence-electron chi connectivity index (χ2n) is 8.95. The van der Waals surface area contributed by atoms with Gasteiger partial charge < -0.3 is 19.2 Å². The lowest BCUT2D eigenvalue weighted by Gasteiger charge is -2.22. The average molecular weight is 462 g/mol. The van der Waals surface area contributed by atoms with Crippen LogP contribution in [0.15, 0.2) is 65.5 Å². The minimum absolute atomic E-state index is 0.0799. The van der Waals surface area contributed by atoms with E-state index in [4.69, 9.17) is 14.2 Å². The lowest BCUT2D eigenvalue weighted by atomic mass is 10.0. The van der Waals surface area contributed by atoms with Crippen LogP contribution >= 0.6 is 0 Å². The average Bonchev–Trinajstić information content (AvgIpc) is 2.88. The maximum absolute atomic E-state index is 13.0. The Morgan fingerprint density at radius 2 is 1.68 bits per heavy atom. The Morgan fingerprint density at radius 1 is 0.912 bits per heavy atom. The summed E-state index contributed by atoms with van der Waals surface area (Å²) >= 11 is 0. The number of aromatic amines is 1. The molecule has 0 radical (unpaired) electrons. The van der Waals surface area contributed by atoms with E-state index in [1.807, 2.05) is 30.3 Å². The second-order valence-corrected chi connectivity index (χ2v) is 8.95. The molecule has 1 aliphatic heterocycles. The van der Waals surface area contributed by atoms with Gasteiger partial charge >= 0.3 is 0 Å². The molecule has 1 atom stereocenters. The summed E-state index contributed by atoms with van der Waals surface area (Å²) in [6.45, 7) is 3.76. The molecule has 1 fully saturated rings.